The van der Waals surface area contributed by atoms with Gasteiger partial charge in [-0.15, -0.1) is 11.3 Å². The van der Waals surface area contributed by atoms with E-state index in [-0.39, 0.29) is 10.8 Å². The molecule has 2 aromatic carbocycles. The number of nitrogens with one attached hydrogen (secondary N) is 1. The lowest BCUT2D eigenvalue weighted by Gasteiger charge is -2.31. The van der Waals surface area contributed by atoms with Crippen molar-refractivity contribution in [1.29, 1.82) is 0 Å². The Hall–Kier alpha value is -2.07. The van der Waals surface area contributed by atoms with Crippen LogP contribution < -0.4 is 5.32 Å². The lowest BCUT2D eigenvalue weighted by Crippen LogP contribution is -2.38. The largest absolute Gasteiger partial charge is 0.298 e. The van der Waals surface area contributed by atoms with E-state index >= 15 is 0 Å². The predicted octanol–water partition coefficient (Wildman–Crippen LogP) is 6.33. The van der Waals surface area contributed by atoms with Crippen molar-refractivity contribution in [2.75, 3.05) is 18.4 Å². The molecule has 2 heterocycles. The van der Waals surface area contributed by atoms with Crippen molar-refractivity contribution in [3.8, 4) is 11.3 Å². The molecule has 34 heavy (non-hydrogen) atoms. The SMILES string of the molecule is CCCC1CCN(S(=O)(=O)c2ccc(C(=O)Nc3nc(-c4cc(C)ccc4Br)cs3)cc2)CC1. The third-order valence-corrected chi connectivity index (χ3v) is 9.51. The lowest BCUT2D eigenvalue weighted by atomic mass is 9.94. The van der Waals surface area contributed by atoms with Gasteiger partial charge in [0.1, 0.15) is 0 Å². The number of thiazole rings is 1. The first kappa shape index (κ1) is 25.0. The van der Waals surface area contributed by atoms with Crippen molar-refractivity contribution in [2.24, 2.45) is 5.92 Å². The zero-order valence-electron chi connectivity index (χ0n) is 19.3. The number of hydrogen-bond donors (Lipinski definition) is 1. The molecular formula is C25H28BrN3O3S2. The van der Waals surface area contributed by atoms with Crippen molar-refractivity contribution in [2.45, 2.75) is 44.4 Å². The Balaban J connectivity index is 1.42. The van der Waals surface area contributed by atoms with Crippen LogP contribution in [0.2, 0.25) is 0 Å². The summed E-state index contributed by atoms with van der Waals surface area (Å²) in [6, 6.07) is 12.2. The quantitative estimate of drug-likeness (QED) is 0.365. The van der Waals surface area contributed by atoms with Crippen LogP contribution >= 0.6 is 27.3 Å². The maximum atomic E-state index is 13.0. The molecule has 1 aliphatic heterocycles. The zero-order valence-corrected chi connectivity index (χ0v) is 22.5. The molecule has 0 unspecified atom stereocenters. The first-order valence-corrected chi connectivity index (χ1v) is 14.5. The van der Waals surface area contributed by atoms with Gasteiger partial charge in [-0.3, -0.25) is 10.1 Å². The van der Waals surface area contributed by atoms with Gasteiger partial charge >= 0.3 is 0 Å². The van der Waals surface area contributed by atoms with Gasteiger partial charge in [-0.2, -0.15) is 4.31 Å². The minimum Gasteiger partial charge on any atom is -0.298 e. The van der Waals surface area contributed by atoms with E-state index in [1.807, 2.05) is 30.5 Å². The van der Waals surface area contributed by atoms with E-state index < -0.39 is 10.0 Å². The maximum absolute atomic E-state index is 13.0. The van der Waals surface area contributed by atoms with Crippen molar-refractivity contribution >= 4 is 48.3 Å². The number of aryl methyl sites for hydroxylation is 1. The molecule has 4 rings (SSSR count). The average molecular weight is 563 g/mol. The number of rotatable bonds is 7. The molecule has 0 aliphatic carbocycles. The predicted molar refractivity (Wildman–Crippen MR) is 141 cm³/mol. The van der Waals surface area contributed by atoms with Crippen molar-refractivity contribution in [3.63, 3.8) is 0 Å². The Bertz CT molecular complexity index is 1260. The highest BCUT2D eigenvalue weighted by molar-refractivity contribution is 9.10. The first-order valence-electron chi connectivity index (χ1n) is 11.4. The molecule has 0 spiro atoms. The second kappa shape index (κ2) is 10.7. The molecule has 0 bridgehead atoms. The number of carbonyl (C=O) groups excluding carboxylic acids is 1. The molecule has 0 saturated carbocycles. The second-order valence-electron chi connectivity index (χ2n) is 8.64. The van der Waals surface area contributed by atoms with E-state index in [1.54, 1.807) is 16.4 Å². The number of amides is 1. The number of carbonyl (C=O) groups is 1. The molecule has 1 N–H and O–H groups in total. The monoisotopic (exact) mass is 561 g/mol. The molecule has 1 fully saturated rings. The van der Waals surface area contributed by atoms with Crippen LogP contribution in [0, 0.1) is 12.8 Å². The molecule has 9 heteroatoms. The standard InChI is InChI=1S/C25H28BrN3O3S2/c1-3-4-18-11-13-29(14-12-18)34(31,32)20-8-6-19(7-9-20)24(30)28-25-27-23(16-33-25)21-15-17(2)5-10-22(21)26/h5-10,15-16,18H,3-4,11-14H2,1-2H3,(H,27,28,30). The van der Waals surface area contributed by atoms with Gasteiger partial charge in [0.05, 0.1) is 10.6 Å². The van der Waals surface area contributed by atoms with E-state index in [4.69, 9.17) is 0 Å². The molecule has 180 valence electrons. The minimum atomic E-state index is -3.55. The molecule has 1 aliphatic rings. The summed E-state index contributed by atoms with van der Waals surface area (Å²) in [5.41, 5.74) is 3.25. The summed E-state index contributed by atoms with van der Waals surface area (Å²) in [6.07, 6.45) is 4.10. The molecule has 0 atom stereocenters. The lowest BCUT2D eigenvalue weighted by molar-refractivity contribution is 0.102. The Morgan fingerprint density at radius 3 is 2.56 bits per heavy atom. The van der Waals surface area contributed by atoms with Gasteiger partial charge < -0.3 is 0 Å². The van der Waals surface area contributed by atoms with Crippen molar-refractivity contribution in [3.05, 3.63) is 63.4 Å². The summed E-state index contributed by atoms with van der Waals surface area (Å²) < 4.78 is 28.6. The van der Waals surface area contributed by atoms with E-state index in [0.29, 0.717) is 29.7 Å². The van der Waals surface area contributed by atoms with E-state index in [2.05, 4.69) is 33.2 Å². The number of sulfonamides is 1. The normalized spacial score (nSPS) is 15.4. The van der Waals surface area contributed by atoms with E-state index in [0.717, 1.165) is 47.0 Å². The Labute approximate surface area is 213 Å². The maximum Gasteiger partial charge on any atom is 0.257 e. The number of anilines is 1. The second-order valence-corrected chi connectivity index (χ2v) is 12.3. The van der Waals surface area contributed by atoms with Gasteiger partial charge in [-0.1, -0.05) is 47.3 Å². The number of nitrogens with zero attached hydrogens (tertiary/aromatic N) is 2. The highest BCUT2D eigenvalue weighted by atomic mass is 79.9. The fourth-order valence-electron chi connectivity index (χ4n) is 4.23. The molecule has 1 saturated heterocycles. The molecule has 0 radical (unpaired) electrons. The topological polar surface area (TPSA) is 79.4 Å². The fraction of sp³-hybridized carbons (Fsp3) is 0.360. The average Bonchev–Trinajstić information content (AvgIpc) is 3.29. The van der Waals surface area contributed by atoms with Crippen LogP contribution in [0.1, 0.15) is 48.5 Å². The first-order chi connectivity index (χ1) is 16.3. The summed E-state index contributed by atoms with van der Waals surface area (Å²) in [5, 5.41) is 5.20. The molecule has 6 nitrogen and oxygen atoms in total. The third-order valence-electron chi connectivity index (χ3n) is 6.15. The van der Waals surface area contributed by atoms with Crippen molar-refractivity contribution in [1.82, 2.24) is 9.29 Å². The van der Waals surface area contributed by atoms with Crippen LogP contribution in [0.3, 0.4) is 0 Å². The fourth-order valence-corrected chi connectivity index (χ4v) is 6.86. The van der Waals surface area contributed by atoms with Crippen LogP contribution in [0.5, 0.6) is 0 Å². The number of hydrogen-bond acceptors (Lipinski definition) is 5. The van der Waals surface area contributed by atoms with Gasteiger partial charge in [0.25, 0.3) is 5.91 Å². The smallest absolute Gasteiger partial charge is 0.257 e. The Morgan fingerprint density at radius 2 is 1.88 bits per heavy atom. The molecule has 1 aromatic heterocycles. The zero-order chi connectivity index (χ0) is 24.3. The summed E-state index contributed by atoms with van der Waals surface area (Å²) in [6.45, 7) is 5.29. The Kier molecular flexibility index (Phi) is 7.87. The molecule has 1 amide bonds. The van der Waals surface area contributed by atoms with Crippen molar-refractivity contribution < 1.29 is 13.2 Å². The van der Waals surface area contributed by atoms with Gasteiger partial charge in [0.15, 0.2) is 5.13 Å². The van der Waals surface area contributed by atoms with Crippen LogP contribution in [0.15, 0.2) is 57.2 Å². The van der Waals surface area contributed by atoms with Crippen LogP contribution in [0.25, 0.3) is 11.3 Å². The van der Waals surface area contributed by atoms with E-state index in [9.17, 15) is 13.2 Å². The minimum absolute atomic E-state index is 0.221. The van der Waals surface area contributed by atoms with Gasteiger partial charge in [0, 0.05) is 34.1 Å². The Morgan fingerprint density at radius 1 is 1.18 bits per heavy atom. The third kappa shape index (κ3) is 5.59. The summed E-state index contributed by atoms with van der Waals surface area (Å²) in [4.78, 5) is 17.5. The highest BCUT2D eigenvalue weighted by Crippen LogP contribution is 2.32. The van der Waals surface area contributed by atoms with Gasteiger partial charge in [0.2, 0.25) is 10.0 Å². The summed E-state index contributed by atoms with van der Waals surface area (Å²) in [5.74, 6) is 0.287. The number of aromatic nitrogens is 1. The van der Waals surface area contributed by atoms with Crippen LogP contribution in [-0.2, 0) is 10.0 Å². The van der Waals surface area contributed by atoms with Crippen LogP contribution in [0.4, 0.5) is 5.13 Å². The number of halogens is 1. The van der Waals surface area contributed by atoms with Gasteiger partial charge in [-0.05, 0) is 62.1 Å². The van der Waals surface area contributed by atoms with E-state index in [1.165, 1.54) is 23.5 Å². The number of benzene rings is 2. The highest BCUT2D eigenvalue weighted by Gasteiger charge is 2.29. The summed E-state index contributed by atoms with van der Waals surface area (Å²) in [7, 11) is -3.55. The molecular weight excluding hydrogens is 534 g/mol. The molecule has 3 aromatic rings. The number of piperidine rings is 1. The van der Waals surface area contributed by atoms with Crippen LogP contribution in [-0.4, -0.2) is 36.7 Å². The summed E-state index contributed by atoms with van der Waals surface area (Å²) >= 11 is 4.90. The van der Waals surface area contributed by atoms with Gasteiger partial charge in [-0.25, -0.2) is 13.4 Å².